The summed E-state index contributed by atoms with van der Waals surface area (Å²) in [6, 6.07) is 0.0926. The normalized spacial score (nSPS) is 30.6. The van der Waals surface area contributed by atoms with Gasteiger partial charge >= 0.3 is 0 Å². The van der Waals surface area contributed by atoms with E-state index in [1.807, 2.05) is 11.9 Å². The Balaban J connectivity index is 1.62. The molecule has 12 heteroatoms. The second kappa shape index (κ2) is 9.40. The second-order valence-electron chi connectivity index (χ2n) is 11.1. The molecule has 1 aromatic carbocycles. The van der Waals surface area contributed by atoms with Crippen LogP contribution in [0, 0.1) is 17.7 Å². The molecule has 11 nitrogen and oxygen atoms in total. The molecule has 5 atom stereocenters. The van der Waals surface area contributed by atoms with Crippen LogP contribution in [-0.2, 0) is 32.1 Å². The molecule has 1 amide bonds. The molecule has 1 heterocycles. The highest BCUT2D eigenvalue weighted by molar-refractivity contribution is 6.24. The van der Waals surface area contributed by atoms with Gasteiger partial charge in [-0.2, -0.15) is 0 Å². The number of aliphatic hydroxyl groups is 3. The number of carbonyl (C=O) groups excluding carboxylic acids is 3. The molecule has 1 aromatic rings. The Kier molecular flexibility index (Phi) is 6.57. The first kappa shape index (κ1) is 27.3. The number of nitrogens with zero attached hydrogens (tertiary/aromatic N) is 2. The van der Waals surface area contributed by atoms with Crippen molar-refractivity contribution in [2.24, 2.45) is 17.6 Å². The maximum absolute atomic E-state index is 15.9. The quantitative estimate of drug-likeness (QED) is 0.324. The van der Waals surface area contributed by atoms with Crippen LogP contribution in [0.1, 0.15) is 29.5 Å². The highest BCUT2D eigenvalue weighted by Gasteiger charge is 2.64. The van der Waals surface area contributed by atoms with Gasteiger partial charge in [-0.15, -0.1) is 0 Å². The van der Waals surface area contributed by atoms with E-state index in [-0.39, 0.29) is 47.7 Å². The van der Waals surface area contributed by atoms with Crippen molar-refractivity contribution >= 4 is 23.2 Å². The van der Waals surface area contributed by atoms with Crippen LogP contribution in [0.25, 0.3) is 5.76 Å². The maximum atomic E-state index is 15.9. The molecule has 1 saturated heterocycles. The number of primary amides is 1. The lowest BCUT2D eigenvalue weighted by molar-refractivity contribution is -0.153. The smallest absolute Gasteiger partial charge is 0.255 e. The first-order chi connectivity index (χ1) is 18.3. The van der Waals surface area contributed by atoms with Crippen LogP contribution >= 0.6 is 0 Å². The number of ether oxygens (including phenoxy) is 1. The fourth-order valence-corrected chi connectivity index (χ4v) is 6.73. The number of carbonyl (C=O) groups is 3. The average Bonchev–Trinajstić information content (AvgIpc) is 3.39. The molecule has 1 saturated carbocycles. The zero-order valence-corrected chi connectivity index (χ0v) is 21.9. The van der Waals surface area contributed by atoms with Crippen molar-refractivity contribution in [2.45, 2.75) is 43.5 Å². The summed E-state index contributed by atoms with van der Waals surface area (Å²) >= 11 is 0. The van der Waals surface area contributed by atoms with Crippen molar-refractivity contribution in [3.05, 3.63) is 45.5 Å². The van der Waals surface area contributed by atoms with Crippen LogP contribution in [0.5, 0.6) is 5.75 Å². The van der Waals surface area contributed by atoms with Crippen LogP contribution in [0.4, 0.5) is 4.39 Å². The molecule has 0 aromatic heterocycles. The van der Waals surface area contributed by atoms with E-state index in [2.05, 4.69) is 0 Å². The number of amides is 1. The summed E-state index contributed by atoms with van der Waals surface area (Å²) in [6.45, 7) is 1.30. The van der Waals surface area contributed by atoms with Crippen LogP contribution in [0.2, 0.25) is 0 Å². The van der Waals surface area contributed by atoms with Crippen molar-refractivity contribution < 1.29 is 43.9 Å². The molecular weight excluding hydrogens is 513 g/mol. The average molecular weight is 546 g/mol. The number of aliphatic hydroxyl groups excluding tert-OH is 2. The minimum atomic E-state index is -2.73. The highest BCUT2D eigenvalue weighted by Crippen LogP contribution is 2.53. The standard InChI is InChI=1S/C27H32FN3O8/c1-30(2)21-15-7-11-6-14-18(16(32)8-12(20(14)28)9-31(3)13-4-5-39-10-13)22(33)17(11)24(35)27(15,38)25(36)19(23(21)34)26(29)37/h8,11,13,15,21,32-33,36,38H,4-7,9-10H2,1-3H3,(H2,29,37)/t11-,13-,15-,21-,27-/m0/s1. The number of benzene rings is 1. The lowest BCUT2D eigenvalue weighted by Gasteiger charge is -2.50. The summed E-state index contributed by atoms with van der Waals surface area (Å²) in [7, 11) is 4.86. The van der Waals surface area contributed by atoms with Gasteiger partial charge in [-0.1, -0.05) is 0 Å². The van der Waals surface area contributed by atoms with Gasteiger partial charge in [0.05, 0.1) is 18.2 Å². The molecule has 2 fully saturated rings. The lowest BCUT2D eigenvalue weighted by Crippen LogP contribution is -2.65. The molecule has 6 N–H and O–H groups in total. The number of phenolic OH excluding ortho intramolecular Hbond substituents is 1. The van der Waals surface area contributed by atoms with Crippen molar-refractivity contribution in [1.82, 2.24) is 9.80 Å². The zero-order chi connectivity index (χ0) is 28.5. The maximum Gasteiger partial charge on any atom is 0.255 e. The van der Waals surface area contributed by atoms with Crippen molar-refractivity contribution in [3.63, 3.8) is 0 Å². The Morgan fingerprint density at radius 1 is 1.23 bits per heavy atom. The Hall–Kier alpha value is -3.32. The molecule has 0 spiro atoms. The Bertz CT molecular complexity index is 1350. The summed E-state index contributed by atoms with van der Waals surface area (Å²) in [5.74, 6) is -8.28. The Labute approximate surface area is 223 Å². The van der Waals surface area contributed by atoms with E-state index in [0.717, 1.165) is 6.42 Å². The van der Waals surface area contributed by atoms with E-state index < -0.39 is 69.6 Å². The van der Waals surface area contributed by atoms with E-state index in [4.69, 9.17) is 10.5 Å². The van der Waals surface area contributed by atoms with E-state index in [1.165, 1.54) is 25.1 Å². The number of phenols is 1. The predicted octanol–water partition coefficient (Wildman–Crippen LogP) is 0.324. The van der Waals surface area contributed by atoms with Gasteiger partial charge in [-0.3, -0.25) is 24.2 Å². The number of Topliss-reactive ketones (excluding diaryl/α,β-unsaturated/α-hetero) is 2. The first-order valence-electron chi connectivity index (χ1n) is 12.8. The highest BCUT2D eigenvalue weighted by atomic mass is 19.1. The number of halogens is 1. The number of aromatic hydroxyl groups is 1. The monoisotopic (exact) mass is 545 g/mol. The van der Waals surface area contributed by atoms with E-state index in [1.54, 1.807) is 0 Å². The molecule has 4 aliphatic rings. The van der Waals surface area contributed by atoms with E-state index in [0.29, 0.717) is 13.2 Å². The number of nitrogens with two attached hydrogens (primary N) is 1. The molecule has 3 aliphatic carbocycles. The fourth-order valence-electron chi connectivity index (χ4n) is 6.73. The van der Waals surface area contributed by atoms with Crippen LogP contribution in [0.3, 0.4) is 0 Å². The zero-order valence-electron chi connectivity index (χ0n) is 21.9. The van der Waals surface area contributed by atoms with Crippen LogP contribution < -0.4 is 5.73 Å². The second-order valence-corrected chi connectivity index (χ2v) is 11.1. The fraction of sp³-hybridized carbons (Fsp3) is 0.519. The Morgan fingerprint density at radius 3 is 2.51 bits per heavy atom. The summed E-state index contributed by atoms with van der Waals surface area (Å²) in [5, 5.41) is 44.5. The number of ketones is 2. The third-order valence-electron chi connectivity index (χ3n) is 8.68. The summed E-state index contributed by atoms with van der Waals surface area (Å²) in [4.78, 5) is 42.3. The van der Waals surface area contributed by atoms with Crippen molar-refractivity contribution in [1.29, 1.82) is 0 Å². The van der Waals surface area contributed by atoms with Crippen molar-refractivity contribution in [3.8, 4) is 5.75 Å². The molecule has 0 radical (unpaired) electrons. The van der Waals surface area contributed by atoms with Gasteiger partial charge in [0.2, 0.25) is 5.78 Å². The molecule has 5 rings (SSSR count). The number of hydrogen-bond donors (Lipinski definition) is 5. The third kappa shape index (κ3) is 3.88. The van der Waals surface area contributed by atoms with Gasteiger partial charge in [-0.25, -0.2) is 4.39 Å². The Morgan fingerprint density at radius 2 is 1.92 bits per heavy atom. The third-order valence-corrected chi connectivity index (χ3v) is 8.68. The van der Waals surface area contributed by atoms with Crippen LogP contribution in [0.15, 0.2) is 23.0 Å². The summed E-state index contributed by atoms with van der Waals surface area (Å²) in [6.07, 6.45) is 0.592. The summed E-state index contributed by atoms with van der Waals surface area (Å²) in [5.41, 5.74) is 1.36. The van der Waals surface area contributed by atoms with Gasteiger partial charge in [-0.05, 0) is 52.4 Å². The van der Waals surface area contributed by atoms with Crippen molar-refractivity contribution in [2.75, 3.05) is 34.4 Å². The number of rotatable bonds is 5. The largest absolute Gasteiger partial charge is 0.508 e. The van der Waals surface area contributed by atoms with E-state index in [9.17, 15) is 34.8 Å². The molecule has 0 bridgehead atoms. The molecular formula is C27H32FN3O8. The number of fused-ring (bicyclic) bond motifs is 3. The molecule has 39 heavy (non-hydrogen) atoms. The van der Waals surface area contributed by atoms with Gasteiger partial charge in [0.15, 0.2) is 11.4 Å². The lowest BCUT2D eigenvalue weighted by atomic mass is 9.57. The topological polar surface area (TPSA) is 174 Å². The minimum Gasteiger partial charge on any atom is -0.508 e. The summed E-state index contributed by atoms with van der Waals surface area (Å²) < 4.78 is 21.3. The molecule has 210 valence electrons. The molecule has 0 unspecified atom stereocenters. The van der Waals surface area contributed by atoms with Gasteiger partial charge in [0.1, 0.15) is 28.7 Å². The van der Waals surface area contributed by atoms with Gasteiger partial charge in [0.25, 0.3) is 5.91 Å². The van der Waals surface area contributed by atoms with E-state index >= 15 is 4.39 Å². The first-order valence-corrected chi connectivity index (χ1v) is 12.8. The van der Waals surface area contributed by atoms with Gasteiger partial charge in [0, 0.05) is 41.8 Å². The minimum absolute atomic E-state index is 0.0201. The number of hydrogen-bond acceptors (Lipinski definition) is 10. The predicted molar refractivity (Wildman–Crippen MR) is 135 cm³/mol. The van der Waals surface area contributed by atoms with Crippen LogP contribution in [-0.4, -0.2) is 99.7 Å². The molecule has 1 aliphatic heterocycles. The number of likely N-dealkylation sites (N-methyl/N-ethyl adjacent to an activating group) is 2. The van der Waals surface area contributed by atoms with Gasteiger partial charge < -0.3 is 30.9 Å². The SMILES string of the molecule is CN(C)[C@@H]1C(=O)C(C(N)=O)=C(O)[C@@]2(O)C(=O)C3=C(O)c4c(O)cc(CN(C)[C@H]5CCOC5)c(F)c4C[C@H]3C[C@@H]12.